The number of nitrogens with zero attached hydrogens (tertiary/aromatic N) is 3. The van der Waals surface area contributed by atoms with Gasteiger partial charge in [-0.15, -0.1) is 11.3 Å². The van der Waals surface area contributed by atoms with E-state index in [0.717, 1.165) is 54.5 Å². The molecule has 7 heteroatoms. The Morgan fingerprint density at radius 1 is 1.14 bits per heavy atom. The number of hydrogen-bond donors (Lipinski definition) is 0. The van der Waals surface area contributed by atoms with Crippen LogP contribution in [0.3, 0.4) is 0 Å². The van der Waals surface area contributed by atoms with Crippen molar-refractivity contribution in [3.8, 4) is 5.88 Å². The van der Waals surface area contributed by atoms with E-state index in [9.17, 15) is 4.79 Å². The number of aryl methyl sites for hydroxylation is 2. The molecule has 0 unspecified atom stereocenters. The molecule has 0 bridgehead atoms. The molecule has 3 aliphatic rings. The molecule has 5 rings (SSSR count). The fourth-order valence-electron chi connectivity index (χ4n) is 6.61. The summed E-state index contributed by atoms with van der Waals surface area (Å²) in [6.45, 7) is 12.1. The second kappa shape index (κ2) is 10.4. The minimum atomic E-state index is 0.166. The van der Waals surface area contributed by atoms with E-state index >= 15 is 0 Å². The van der Waals surface area contributed by atoms with Gasteiger partial charge in [0.2, 0.25) is 5.88 Å². The van der Waals surface area contributed by atoms with Gasteiger partial charge in [-0.25, -0.2) is 4.98 Å². The Balaban J connectivity index is 1.27. The van der Waals surface area contributed by atoms with Gasteiger partial charge in [-0.2, -0.15) is 0 Å². The average Bonchev–Trinajstić information content (AvgIpc) is 3.18. The zero-order valence-corrected chi connectivity index (χ0v) is 23.5. The maximum Gasteiger partial charge on any atom is 0.255 e. The summed E-state index contributed by atoms with van der Waals surface area (Å²) >= 11 is 1.90. The lowest BCUT2D eigenvalue weighted by Crippen LogP contribution is -2.56. The number of ether oxygens (including phenoxy) is 2. The number of rotatable bonds is 7. The normalized spacial score (nSPS) is 23.9. The first-order chi connectivity index (χ1) is 17.3. The van der Waals surface area contributed by atoms with Crippen LogP contribution in [0.2, 0.25) is 0 Å². The number of carbonyl (C=O) groups excluding carboxylic acids is 1. The number of likely N-dealkylation sites (tertiary alicyclic amines) is 1. The molecule has 2 aromatic rings. The third-order valence-corrected chi connectivity index (χ3v) is 10.5. The third-order valence-electron chi connectivity index (χ3n) is 8.93. The van der Waals surface area contributed by atoms with E-state index < -0.39 is 0 Å². The van der Waals surface area contributed by atoms with Gasteiger partial charge < -0.3 is 14.4 Å². The van der Waals surface area contributed by atoms with E-state index in [0.29, 0.717) is 30.4 Å². The lowest BCUT2D eigenvalue weighted by molar-refractivity contribution is -0.0600. The lowest BCUT2D eigenvalue weighted by atomic mass is 9.76. The summed E-state index contributed by atoms with van der Waals surface area (Å²) < 4.78 is 11.0. The van der Waals surface area contributed by atoms with E-state index in [2.05, 4.69) is 36.7 Å². The van der Waals surface area contributed by atoms with Crippen molar-refractivity contribution >= 4 is 17.2 Å². The zero-order chi connectivity index (χ0) is 25.6. The summed E-state index contributed by atoms with van der Waals surface area (Å²) in [5.41, 5.74) is 5.25. The predicted octanol–water partition coefficient (Wildman–Crippen LogP) is 5.27. The lowest BCUT2D eigenvalue weighted by Gasteiger charge is -2.46. The summed E-state index contributed by atoms with van der Waals surface area (Å²) in [5, 5.41) is 0. The molecular weight excluding hydrogens is 470 g/mol. The second-order valence-corrected chi connectivity index (χ2v) is 12.2. The van der Waals surface area contributed by atoms with E-state index in [1.165, 1.54) is 41.0 Å². The van der Waals surface area contributed by atoms with Crippen molar-refractivity contribution in [2.75, 3.05) is 33.9 Å². The van der Waals surface area contributed by atoms with Gasteiger partial charge in [0.1, 0.15) is 0 Å². The van der Waals surface area contributed by atoms with Crippen molar-refractivity contribution in [3.63, 3.8) is 0 Å². The number of methoxy groups -OCH3 is 2. The number of hydrogen-bond acceptors (Lipinski definition) is 6. The minimum absolute atomic E-state index is 0.166. The molecule has 2 aromatic heterocycles. The number of amides is 1. The van der Waals surface area contributed by atoms with Crippen LogP contribution in [0.5, 0.6) is 5.88 Å². The quantitative estimate of drug-likeness (QED) is 0.507. The van der Waals surface area contributed by atoms with Crippen LogP contribution in [0.25, 0.3) is 0 Å². The molecule has 1 saturated carbocycles. The summed E-state index contributed by atoms with van der Waals surface area (Å²) in [4.78, 5) is 25.6. The molecule has 0 spiro atoms. The number of thiophene rings is 1. The predicted molar refractivity (Wildman–Crippen MR) is 144 cm³/mol. The molecule has 0 radical (unpaired) electrons. The number of aromatic nitrogens is 1. The van der Waals surface area contributed by atoms with Crippen LogP contribution in [-0.4, -0.2) is 66.7 Å². The van der Waals surface area contributed by atoms with E-state index in [-0.39, 0.29) is 5.91 Å². The van der Waals surface area contributed by atoms with Crippen molar-refractivity contribution in [1.29, 1.82) is 0 Å². The Kier molecular flexibility index (Phi) is 7.44. The Labute approximate surface area is 220 Å². The number of carbonyl (C=O) groups is 1. The smallest absolute Gasteiger partial charge is 0.255 e. The zero-order valence-electron chi connectivity index (χ0n) is 22.7. The highest BCUT2D eigenvalue weighted by Crippen LogP contribution is 2.44. The SMILES string of the molecule is COc1nc(C)cc(C)c1CN1CCc2sc([C@@H](C)[C@H]3CC[C@H](N4CC(OC)C4)CC3)c(C)c2C1=O. The maximum atomic E-state index is 13.7. The molecule has 196 valence electrons. The maximum absolute atomic E-state index is 13.7. The van der Waals surface area contributed by atoms with Gasteiger partial charge in [0, 0.05) is 60.2 Å². The molecule has 36 heavy (non-hydrogen) atoms. The molecular formula is C29H41N3O3S. The first-order valence-electron chi connectivity index (χ1n) is 13.5. The molecule has 2 fully saturated rings. The Morgan fingerprint density at radius 2 is 1.86 bits per heavy atom. The van der Waals surface area contributed by atoms with Gasteiger partial charge in [-0.05, 0) is 75.5 Å². The van der Waals surface area contributed by atoms with Gasteiger partial charge >= 0.3 is 0 Å². The highest BCUT2D eigenvalue weighted by Gasteiger charge is 2.37. The molecule has 0 N–H and O–H groups in total. The summed E-state index contributed by atoms with van der Waals surface area (Å²) in [5.74, 6) is 2.01. The molecule has 4 heterocycles. The van der Waals surface area contributed by atoms with E-state index in [1.807, 2.05) is 30.3 Å². The fourth-order valence-corrected chi connectivity index (χ4v) is 8.04. The Morgan fingerprint density at radius 3 is 2.53 bits per heavy atom. The Hall–Kier alpha value is -1.96. The van der Waals surface area contributed by atoms with Crippen molar-refractivity contribution < 1.29 is 14.3 Å². The molecule has 6 nitrogen and oxygen atoms in total. The largest absolute Gasteiger partial charge is 0.481 e. The van der Waals surface area contributed by atoms with Gasteiger partial charge in [0.15, 0.2) is 0 Å². The Bertz CT molecular complexity index is 1120. The molecule has 1 saturated heterocycles. The molecule has 2 aliphatic heterocycles. The van der Waals surface area contributed by atoms with Gasteiger partial charge in [-0.3, -0.25) is 9.69 Å². The van der Waals surface area contributed by atoms with Gasteiger partial charge in [-0.1, -0.05) is 6.92 Å². The van der Waals surface area contributed by atoms with E-state index in [1.54, 1.807) is 7.11 Å². The number of pyridine rings is 1. The monoisotopic (exact) mass is 511 g/mol. The van der Waals surface area contributed by atoms with E-state index in [4.69, 9.17) is 9.47 Å². The van der Waals surface area contributed by atoms with Crippen LogP contribution < -0.4 is 4.74 Å². The van der Waals surface area contributed by atoms with Crippen LogP contribution in [0.4, 0.5) is 0 Å². The first-order valence-corrected chi connectivity index (χ1v) is 14.3. The van der Waals surface area contributed by atoms with Crippen molar-refractivity contribution in [1.82, 2.24) is 14.8 Å². The van der Waals surface area contributed by atoms with Gasteiger partial charge in [0.05, 0.1) is 25.3 Å². The average molecular weight is 512 g/mol. The van der Waals surface area contributed by atoms with Gasteiger partial charge in [0.25, 0.3) is 5.91 Å². The van der Waals surface area contributed by atoms with Crippen molar-refractivity contribution in [3.05, 3.63) is 43.8 Å². The van der Waals surface area contributed by atoms with Crippen LogP contribution in [-0.2, 0) is 17.7 Å². The minimum Gasteiger partial charge on any atom is -0.481 e. The summed E-state index contributed by atoms with van der Waals surface area (Å²) in [6.07, 6.45) is 6.50. The molecule has 1 atom stereocenters. The van der Waals surface area contributed by atoms with Crippen LogP contribution in [0.1, 0.15) is 81.0 Å². The van der Waals surface area contributed by atoms with Crippen LogP contribution in [0.15, 0.2) is 6.07 Å². The summed E-state index contributed by atoms with van der Waals surface area (Å²) in [6, 6.07) is 2.80. The molecule has 1 aliphatic carbocycles. The fraction of sp³-hybridized carbons (Fsp3) is 0.655. The molecule has 1 amide bonds. The number of fused-ring (bicyclic) bond motifs is 1. The standard InChI is InChI=1S/C29H41N3O3S/c1-17-13-18(2)30-28(35-6)24(17)16-31-12-11-25-26(29(31)33)20(4)27(36-25)19(3)21-7-9-22(10-8-21)32-14-23(15-32)34-5/h13,19,21-23H,7-12,14-16H2,1-6H3/t19-,21-,22-/m0/s1. The highest BCUT2D eigenvalue weighted by molar-refractivity contribution is 7.12. The first kappa shape index (κ1) is 25.7. The van der Waals surface area contributed by atoms with Crippen LogP contribution >= 0.6 is 11.3 Å². The van der Waals surface area contributed by atoms with Crippen LogP contribution in [0, 0.1) is 26.7 Å². The van der Waals surface area contributed by atoms with Crippen molar-refractivity contribution in [2.24, 2.45) is 5.92 Å². The topological polar surface area (TPSA) is 54.9 Å². The highest BCUT2D eigenvalue weighted by atomic mass is 32.1. The third kappa shape index (κ3) is 4.70. The summed E-state index contributed by atoms with van der Waals surface area (Å²) in [7, 11) is 3.48. The van der Waals surface area contributed by atoms with Crippen molar-refractivity contribution in [2.45, 2.75) is 84.4 Å². The second-order valence-electron chi connectivity index (χ2n) is 11.1. The molecule has 0 aromatic carbocycles.